The van der Waals surface area contributed by atoms with Gasteiger partial charge in [-0.15, -0.1) is 0 Å². The fourth-order valence-corrected chi connectivity index (χ4v) is 3.01. The molecule has 0 bridgehead atoms. The Bertz CT molecular complexity index is 1020. The van der Waals surface area contributed by atoms with Crippen molar-refractivity contribution in [1.29, 1.82) is 0 Å². The number of rotatable bonds is 8. The normalized spacial score (nSPS) is 11.7. The Kier molecular flexibility index (Phi) is 7.81. The van der Waals surface area contributed by atoms with Crippen molar-refractivity contribution in [2.75, 3.05) is 18.0 Å². The average Bonchev–Trinajstić information content (AvgIpc) is 2.64. The van der Waals surface area contributed by atoms with Gasteiger partial charge < -0.3 is 10.2 Å². The molecule has 0 aliphatic carbocycles. The predicted octanol–water partition coefficient (Wildman–Crippen LogP) is 3.58. The molecule has 154 valence electrons. The molecule has 0 aromatic heterocycles. The van der Waals surface area contributed by atoms with E-state index in [0.717, 1.165) is 11.8 Å². The zero-order chi connectivity index (χ0) is 21.4. The maximum absolute atomic E-state index is 12.9. The monoisotopic (exact) mass is 437 g/mol. The van der Waals surface area contributed by atoms with Gasteiger partial charge in [-0.1, -0.05) is 29.8 Å². The van der Waals surface area contributed by atoms with Gasteiger partial charge in [0.15, 0.2) is 0 Å². The van der Waals surface area contributed by atoms with Gasteiger partial charge in [-0.25, -0.2) is 12.8 Å². The van der Waals surface area contributed by atoms with Crippen molar-refractivity contribution in [3.05, 3.63) is 82.9 Å². The number of benzene rings is 2. The molecule has 0 unspecified atom stereocenters. The minimum atomic E-state index is -3.49. The second-order valence-electron chi connectivity index (χ2n) is 6.21. The first-order chi connectivity index (χ1) is 13.6. The second kappa shape index (κ2) is 10.1. The van der Waals surface area contributed by atoms with E-state index in [-0.39, 0.29) is 17.4 Å². The highest BCUT2D eigenvalue weighted by molar-refractivity contribution is 7.92. The molecule has 0 spiro atoms. The van der Waals surface area contributed by atoms with Crippen LogP contribution in [0, 0.1) is 5.82 Å². The van der Waals surface area contributed by atoms with E-state index in [2.05, 4.69) is 10.0 Å². The van der Waals surface area contributed by atoms with Crippen LogP contribution >= 0.6 is 11.6 Å². The number of nitrogens with one attached hydrogen (secondary N) is 2. The summed E-state index contributed by atoms with van der Waals surface area (Å²) in [5.74, 6) is -0.609. The lowest BCUT2D eigenvalue weighted by Gasteiger charge is -2.10. The van der Waals surface area contributed by atoms with E-state index < -0.39 is 10.0 Å². The van der Waals surface area contributed by atoms with Crippen molar-refractivity contribution in [3.8, 4) is 0 Å². The smallest absolute Gasteiger partial charge is 0.250 e. The fraction of sp³-hybridized carbons (Fsp3) is 0.150. The van der Waals surface area contributed by atoms with Crippen molar-refractivity contribution in [2.24, 2.45) is 0 Å². The standard InChI is InChI=1S/C20H21ClFN3O3S/c1-25(12-11-23-14-15-3-8-18(22)9-4-15)20(26)10-6-16-5-7-17(21)13-19(16)24-29(2,27)28/h3-13,23-24H,14H2,1-2H3/b10-6+,12-11+. The Morgan fingerprint density at radius 3 is 2.55 bits per heavy atom. The summed E-state index contributed by atoms with van der Waals surface area (Å²) in [4.78, 5) is 13.6. The number of anilines is 1. The molecule has 0 radical (unpaired) electrons. The maximum atomic E-state index is 12.9. The topological polar surface area (TPSA) is 78.5 Å². The quantitative estimate of drug-likeness (QED) is 0.619. The first-order valence-corrected chi connectivity index (χ1v) is 10.8. The van der Waals surface area contributed by atoms with Crippen LogP contribution in [0.5, 0.6) is 0 Å². The highest BCUT2D eigenvalue weighted by Crippen LogP contribution is 2.23. The predicted molar refractivity (Wildman–Crippen MR) is 114 cm³/mol. The molecule has 0 atom stereocenters. The van der Waals surface area contributed by atoms with Crippen LogP contribution < -0.4 is 10.0 Å². The molecule has 0 saturated carbocycles. The Balaban J connectivity index is 1.96. The van der Waals surface area contributed by atoms with Gasteiger partial charge in [0, 0.05) is 37.1 Å². The van der Waals surface area contributed by atoms with E-state index in [1.807, 2.05) is 0 Å². The summed E-state index contributed by atoms with van der Waals surface area (Å²) in [6.45, 7) is 0.486. The minimum Gasteiger partial charge on any atom is -0.386 e. The summed E-state index contributed by atoms with van der Waals surface area (Å²) in [6.07, 6.45) is 7.01. The number of hydrogen-bond donors (Lipinski definition) is 2. The zero-order valence-corrected chi connectivity index (χ0v) is 17.5. The lowest BCUT2D eigenvalue weighted by molar-refractivity contribution is -0.122. The van der Waals surface area contributed by atoms with Crippen LogP contribution in [0.4, 0.5) is 10.1 Å². The van der Waals surface area contributed by atoms with Crippen molar-refractivity contribution in [3.63, 3.8) is 0 Å². The Hall–Kier alpha value is -2.84. The Morgan fingerprint density at radius 1 is 1.21 bits per heavy atom. The van der Waals surface area contributed by atoms with Crippen LogP contribution in [0.15, 0.2) is 60.9 Å². The average molecular weight is 438 g/mol. The van der Waals surface area contributed by atoms with Crippen LogP contribution in [0.1, 0.15) is 11.1 Å². The molecular formula is C20H21ClFN3O3S. The maximum Gasteiger partial charge on any atom is 0.250 e. The molecule has 0 aliphatic heterocycles. The molecule has 0 heterocycles. The van der Waals surface area contributed by atoms with E-state index in [0.29, 0.717) is 17.1 Å². The lowest BCUT2D eigenvalue weighted by Crippen LogP contribution is -2.19. The van der Waals surface area contributed by atoms with Crippen molar-refractivity contribution < 1.29 is 17.6 Å². The first kappa shape index (κ1) is 22.4. The molecule has 6 nitrogen and oxygen atoms in total. The molecule has 2 rings (SSSR count). The van der Waals surface area contributed by atoms with Crippen molar-refractivity contribution in [1.82, 2.24) is 10.2 Å². The lowest BCUT2D eigenvalue weighted by atomic mass is 10.1. The van der Waals surface area contributed by atoms with Gasteiger partial charge in [0.25, 0.3) is 0 Å². The minimum absolute atomic E-state index is 0.281. The third kappa shape index (κ3) is 7.97. The first-order valence-electron chi connectivity index (χ1n) is 8.51. The van der Waals surface area contributed by atoms with E-state index in [1.54, 1.807) is 43.7 Å². The summed E-state index contributed by atoms with van der Waals surface area (Å²) < 4.78 is 38.2. The van der Waals surface area contributed by atoms with Gasteiger partial charge in [-0.2, -0.15) is 0 Å². The molecule has 1 amide bonds. The fourth-order valence-electron chi connectivity index (χ4n) is 2.26. The summed E-state index contributed by atoms with van der Waals surface area (Å²) in [7, 11) is -1.91. The number of hydrogen-bond acceptors (Lipinski definition) is 4. The summed E-state index contributed by atoms with van der Waals surface area (Å²) in [5.41, 5.74) is 1.68. The van der Waals surface area contributed by atoms with Crippen LogP contribution in [0.25, 0.3) is 6.08 Å². The van der Waals surface area contributed by atoms with Gasteiger partial charge in [-0.05, 0) is 41.5 Å². The van der Waals surface area contributed by atoms with E-state index in [1.165, 1.54) is 35.3 Å². The van der Waals surface area contributed by atoms with Crippen LogP contribution in [-0.4, -0.2) is 32.5 Å². The molecular weight excluding hydrogens is 417 g/mol. The third-order valence-corrected chi connectivity index (χ3v) is 4.53. The zero-order valence-electron chi connectivity index (χ0n) is 15.9. The largest absolute Gasteiger partial charge is 0.386 e. The van der Waals surface area contributed by atoms with E-state index in [9.17, 15) is 17.6 Å². The number of carbonyl (C=O) groups excluding carboxylic acids is 1. The molecule has 0 saturated heterocycles. The van der Waals surface area contributed by atoms with Gasteiger partial charge in [0.2, 0.25) is 15.9 Å². The number of halogens is 2. The second-order valence-corrected chi connectivity index (χ2v) is 8.40. The van der Waals surface area contributed by atoms with Crippen molar-refractivity contribution in [2.45, 2.75) is 6.54 Å². The van der Waals surface area contributed by atoms with E-state index >= 15 is 0 Å². The van der Waals surface area contributed by atoms with Crippen molar-refractivity contribution >= 4 is 39.3 Å². The van der Waals surface area contributed by atoms with Crippen LogP contribution in [-0.2, 0) is 21.4 Å². The van der Waals surface area contributed by atoms with Gasteiger partial charge >= 0.3 is 0 Å². The SMILES string of the molecule is CN(/C=C/NCc1ccc(F)cc1)C(=O)/C=C/c1ccc(Cl)cc1NS(C)(=O)=O. The number of sulfonamides is 1. The highest BCUT2D eigenvalue weighted by Gasteiger charge is 2.08. The number of likely N-dealkylation sites (N-methyl/N-ethyl adjacent to an activating group) is 1. The molecule has 9 heteroatoms. The number of amides is 1. The highest BCUT2D eigenvalue weighted by atomic mass is 35.5. The summed E-state index contributed by atoms with van der Waals surface area (Å²) in [5, 5.41) is 3.38. The van der Waals surface area contributed by atoms with Gasteiger partial charge in [0.05, 0.1) is 11.9 Å². The molecule has 2 aromatic rings. The molecule has 2 aromatic carbocycles. The molecule has 0 aliphatic rings. The van der Waals surface area contributed by atoms with Gasteiger partial charge in [0.1, 0.15) is 5.82 Å². The number of nitrogens with zero attached hydrogens (tertiary/aromatic N) is 1. The number of carbonyl (C=O) groups is 1. The molecule has 2 N–H and O–H groups in total. The van der Waals surface area contributed by atoms with E-state index in [4.69, 9.17) is 11.6 Å². The molecule has 29 heavy (non-hydrogen) atoms. The summed E-state index contributed by atoms with van der Waals surface area (Å²) >= 11 is 5.91. The van der Waals surface area contributed by atoms with Crippen LogP contribution in [0.2, 0.25) is 5.02 Å². The van der Waals surface area contributed by atoms with Gasteiger partial charge in [-0.3, -0.25) is 9.52 Å². The Labute approximate surface area is 174 Å². The van der Waals surface area contributed by atoms with Crippen LogP contribution in [0.3, 0.4) is 0 Å². The molecule has 0 fully saturated rings. The Morgan fingerprint density at radius 2 is 1.90 bits per heavy atom. The summed E-state index contributed by atoms with van der Waals surface area (Å²) in [6, 6.07) is 10.8. The third-order valence-electron chi connectivity index (χ3n) is 3.70.